The zero-order valence-corrected chi connectivity index (χ0v) is 15.8. The highest BCUT2D eigenvalue weighted by molar-refractivity contribution is 7.89. The summed E-state index contributed by atoms with van der Waals surface area (Å²) in [6.45, 7) is 2.24. The van der Waals surface area contributed by atoms with Crippen molar-refractivity contribution < 1.29 is 13.2 Å². The number of carbonyl (C=O) groups is 1. The Morgan fingerprint density at radius 2 is 1.81 bits per heavy atom. The smallest absolute Gasteiger partial charge is 0.243 e. The van der Waals surface area contributed by atoms with E-state index in [9.17, 15) is 13.2 Å². The second kappa shape index (κ2) is 6.79. The summed E-state index contributed by atoms with van der Waals surface area (Å²) in [6.07, 6.45) is 4.63. The fourth-order valence-electron chi connectivity index (χ4n) is 3.46. The zero-order chi connectivity index (χ0) is 19.0. The molecule has 0 radical (unpaired) electrons. The summed E-state index contributed by atoms with van der Waals surface area (Å²) in [5.74, 6) is -0.0803. The largest absolute Gasteiger partial charge is 0.361 e. The van der Waals surface area contributed by atoms with Crippen LogP contribution in [0.4, 0.5) is 0 Å². The van der Waals surface area contributed by atoms with Gasteiger partial charge in [0.1, 0.15) is 0 Å². The number of hydrogen-bond acceptors (Lipinski definition) is 3. The number of fused-ring (bicyclic) bond motifs is 1. The third-order valence-electron chi connectivity index (χ3n) is 5.01. The zero-order valence-electron chi connectivity index (χ0n) is 15.0. The summed E-state index contributed by atoms with van der Waals surface area (Å²) < 4.78 is 27.2. The minimum atomic E-state index is -3.57. The minimum absolute atomic E-state index is 0.0803. The molecule has 138 valence electrons. The Bertz CT molecular complexity index is 1140. The van der Waals surface area contributed by atoms with Crippen LogP contribution in [0.25, 0.3) is 16.5 Å². The average molecular weight is 380 g/mol. The van der Waals surface area contributed by atoms with Crippen LogP contribution in [0.1, 0.15) is 29.3 Å². The van der Waals surface area contributed by atoms with Crippen molar-refractivity contribution in [2.45, 2.75) is 18.2 Å². The Kier molecular flexibility index (Phi) is 4.45. The lowest BCUT2D eigenvalue weighted by Crippen LogP contribution is -2.34. The van der Waals surface area contributed by atoms with Crippen LogP contribution in [0.5, 0.6) is 0 Å². The van der Waals surface area contributed by atoms with E-state index in [0.29, 0.717) is 25.1 Å². The fraction of sp³-hybridized carbons (Fsp3) is 0.190. The molecule has 4 rings (SSSR count). The molecule has 27 heavy (non-hydrogen) atoms. The van der Waals surface area contributed by atoms with Gasteiger partial charge in [0.2, 0.25) is 10.0 Å². The number of hydrogen-bond donors (Lipinski definition) is 1. The highest BCUT2D eigenvalue weighted by atomic mass is 32.2. The molecule has 6 heteroatoms. The van der Waals surface area contributed by atoms with E-state index in [1.165, 1.54) is 23.4 Å². The fourth-order valence-corrected chi connectivity index (χ4v) is 4.84. The number of Topliss-reactive ketones (excluding diaryl/α,β-unsaturated/α-hetero) is 1. The molecule has 0 spiro atoms. The molecule has 0 amide bonds. The first kappa shape index (κ1) is 17.7. The lowest BCUT2D eigenvalue weighted by atomic mass is 10.00. The monoisotopic (exact) mass is 380 g/mol. The molecule has 1 aliphatic heterocycles. The highest BCUT2D eigenvalue weighted by Crippen LogP contribution is 2.30. The lowest BCUT2D eigenvalue weighted by Gasteiger charge is -2.26. The van der Waals surface area contributed by atoms with Crippen molar-refractivity contribution >= 4 is 32.3 Å². The number of aromatic nitrogens is 1. The Balaban J connectivity index is 1.58. The lowest BCUT2D eigenvalue weighted by molar-refractivity contribution is 0.101. The van der Waals surface area contributed by atoms with Crippen molar-refractivity contribution in [3.8, 4) is 0 Å². The third kappa shape index (κ3) is 3.22. The molecule has 5 nitrogen and oxygen atoms in total. The maximum absolute atomic E-state index is 12.9. The minimum Gasteiger partial charge on any atom is -0.361 e. The number of aromatic amines is 1. The molecule has 0 fully saturated rings. The Morgan fingerprint density at radius 3 is 2.48 bits per heavy atom. The SMILES string of the molecule is CC(=O)c1ccc(S(=O)(=O)N2CC=C(c3c[nH]c4ccccc34)CC2)cc1. The number of para-hydroxylation sites is 1. The van der Waals surface area contributed by atoms with E-state index in [2.05, 4.69) is 11.1 Å². The predicted octanol–water partition coefficient (Wildman–Crippen LogP) is 3.85. The van der Waals surface area contributed by atoms with Crippen molar-refractivity contribution in [2.24, 2.45) is 0 Å². The van der Waals surface area contributed by atoms with Gasteiger partial charge in [-0.15, -0.1) is 0 Å². The summed E-state index contributed by atoms with van der Waals surface area (Å²) in [4.78, 5) is 14.9. The summed E-state index contributed by atoms with van der Waals surface area (Å²) in [5.41, 5.74) is 3.88. The van der Waals surface area contributed by atoms with Gasteiger partial charge in [0.25, 0.3) is 0 Å². The molecular weight excluding hydrogens is 360 g/mol. The molecule has 3 aromatic rings. The molecule has 0 saturated heterocycles. The van der Waals surface area contributed by atoms with Crippen LogP contribution in [0.3, 0.4) is 0 Å². The first-order valence-electron chi connectivity index (χ1n) is 8.83. The van der Waals surface area contributed by atoms with Gasteiger partial charge in [-0.25, -0.2) is 8.42 Å². The van der Waals surface area contributed by atoms with Gasteiger partial charge in [0.05, 0.1) is 4.90 Å². The van der Waals surface area contributed by atoms with Gasteiger partial charge < -0.3 is 4.98 Å². The van der Waals surface area contributed by atoms with Crippen molar-refractivity contribution in [3.63, 3.8) is 0 Å². The van der Waals surface area contributed by atoms with E-state index in [-0.39, 0.29) is 10.7 Å². The van der Waals surface area contributed by atoms with E-state index in [1.807, 2.05) is 30.5 Å². The van der Waals surface area contributed by atoms with Gasteiger partial charge in [-0.1, -0.05) is 36.4 Å². The summed E-state index contributed by atoms with van der Waals surface area (Å²) >= 11 is 0. The van der Waals surface area contributed by atoms with Gasteiger partial charge in [-0.3, -0.25) is 4.79 Å². The van der Waals surface area contributed by atoms with E-state index in [1.54, 1.807) is 12.1 Å². The van der Waals surface area contributed by atoms with Gasteiger partial charge in [-0.2, -0.15) is 4.31 Å². The van der Waals surface area contributed by atoms with Crippen LogP contribution >= 0.6 is 0 Å². The third-order valence-corrected chi connectivity index (χ3v) is 6.89. The summed E-state index contributed by atoms with van der Waals surface area (Å²) in [6, 6.07) is 14.2. The number of H-pyrrole nitrogens is 1. The van der Waals surface area contributed by atoms with E-state index in [4.69, 9.17) is 0 Å². The number of nitrogens with one attached hydrogen (secondary N) is 1. The highest BCUT2D eigenvalue weighted by Gasteiger charge is 2.27. The van der Waals surface area contributed by atoms with E-state index in [0.717, 1.165) is 22.0 Å². The van der Waals surface area contributed by atoms with Crippen LogP contribution in [-0.2, 0) is 10.0 Å². The standard InChI is InChI=1S/C21H20N2O3S/c1-15(24)16-6-8-18(9-7-16)27(25,26)23-12-10-17(11-13-23)20-14-22-21-5-3-2-4-19(20)21/h2-10,14,22H,11-13H2,1H3. The Labute approximate surface area is 158 Å². The van der Waals surface area contributed by atoms with Crippen LogP contribution in [0.15, 0.2) is 65.7 Å². The van der Waals surface area contributed by atoms with Gasteiger partial charge >= 0.3 is 0 Å². The van der Waals surface area contributed by atoms with Crippen molar-refractivity contribution in [1.82, 2.24) is 9.29 Å². The maximum Gasteiger partial charge on any atom is 0.243 e. The van der Waals surface area contributed by atoms with E-state index >= 15 is 0 Å². The molecule has 0 atom stereocenters. The topological polar surface area (TPSA) is 70.2 Å². The van der Waals surface area contributed by atoms with Crippen molar-refractivity contribution in [3.05, 3.63) is 71.9 Å². The molecule has 1 aliphatic rings. The first-order valence-corrected chi connectivity index (χ1v) is 10.3. The molecule has 2 heterocycles. The Morgan fingerprint density at radius 1 is 1.07 bits per heavy atom. The maximum atomic E-state index is 12.9. The summed E-state index contributed by atoms with van der Waals surface area (Å²) in [7, 11) is -3.57. The van der Waals surface area contributed by atoms with Gasteiger partial charge in [0.15, 0.2) is 5.78 Å². The molecule has 1 aromatic heterocycles. The predicted molar refractivity (Wildman–Crippen MR) is 106 cm³/mol. The van der Waals surface area contributed by atoms with Crippen LogP contribution in [0, 0.1) is 0 Å². The number of benzene rings is 2. The number of nitrogens with zero attached hydrogens (tertiary/aromatic N) is 1. The van der Waals surface area contributed by atoms with Crippen LogP contribution < -0.4 is 0 Å². The molecule has 2 aromatic carbocycles. The van der Waals surface area contributed by atoms with Crippen LogP contribution in [0.2, 0.25) is 0 Å². The molecule has 0 unspecified atom stereocenters. The second-order valence-corrected chi connectivity index (χ2v) is 8.61. The van der Waals surface area contributed by atoms with Crippen molar-refractivity contribution in [1.29, 1.82) is 0 Å². The molecule has 0 saturated carbocycles. The quantitative estimate of drug-likeness (QED) is 0.699. The Hall–Kier alpha value is -2.70. The molecular formula is C21H20N2O3S. The average Bonchev–Trinajstić information content (AvgIpc) is 3.12. The van der Waals surface area contributed by atoms with Crippen molar-refractivity contribution in [2.75, 3.05) is 13.1 Å². The van der Waals surface area contributed by atoms with Gasteiger partial charge in [0, 0.05) is 41.3 Å². The van der Waals surface area contributed by atoms with Gasteiger partial charge in [-0.05, 0) is 37.1 Å². The number of sulfonamides is 1. The number of carbonyl (C=O) groups excluding carboxylic acids is 1. The second-order valence-electron chi connectivity index (χ2n) is 6.67. The molecule has 0 bridgehead atoms. The normalized spacial score (nSPS) is 15.7. The first-order chi connectivity index (χ1) is 13.0. The number of rotatable bonds is 4. The molecule has 0 aliphatic carbocycles. The summed E-state index contributed by atoms with van der Waals surface area (Å²) in [5, 5.41) is 1.15. The molecule has 1 N–H and O–H groups in total. The van der Waals surface area contributed by atoms with Crippen LogP contribution in [-0.4, -0.2) is 36.6 Å². The number of ketones is 1. The van der Waals surface area contributed by atoms with E-state index < -0.39 is 10.0 Å².